The van der Waals surface area contributed by atoms with E-state index in [1.165, 1.54) is 25.7 Å². The predicted molar refractivity (Wildman–Crippen MR) is 41.4 cm³/mol. The van der Waals surface area contributed by atoms with Crippen molar-refractivity contribution in [3.8, 4) is 0 Å². The molecule has 0 bridgehead atoms. The lowest BCUT2D eigenvalue weighted by atomic mass is 10.1. The first-order valence-electron chi connectivity index (χ1n) is 3.76. The molecule has 50 valence electrons. The predicted octanol–water partition coefficient (Wildman–Crippen LogP) is 3.06. The molecule has 0 spiro atoms. The van der Waals surface area contributed by atoms with Crippen molar-refractivity contribution in [3.05, 3.63) is 23.8 Å². The lowest BCUT2D eigenvalue weighted by molar-refractivity contribution is 0.939. The maximum absolute atomic E-state index is 2.38. The van der Waals surface area contributed by atoms with Gasteiger partial charge in [0.1, 0.15) is 0 Å². The average molecular weight is 122 g/mol. The molecule has 0 atom stereocenters. The molecule has 0 N–H and O–H groups in total. The number of unbranched alkanes of at least 4 members (excludes halogenated alkanes) is 1. The molecule has 0 aromatic rings. The Morgan fingerprint density at radius 3 is 2.67 bits per heavy atom. The maximum Gasteiger partial charge on any atom is -0.0136 e. The standard InChI is InChI=1S/C9H14/c1-2-3-6-9-7-4-5-8-9/h4-6H,2-3,7-8H2,1H3. The van der Waals surface area contributed by atoms with Crippen LogP contribution in [-0.4, -0.2) is 0 Å². The molecule has 0 amide bonds. The van der Waals surface area contributed by atoms with Crippen LogP contribution in [0.3, 0.4) is 0 Å². The molecule has 0 aromatic carbocycles. The van der Waals surface area contributed by atoms with E-state index in [-0.39, 0.29) is 0 Å². The molecule has 0 heteroatoms. The molecule has 1 aliphatic carbocycles. The lowest BCUT2D eigenvalue weighted by Crippen LogP contribution is -1.72. The molecular formula is C9H14. The first-order valence-corrected chi connectivity index (χ1v) is 3.76. The summed E-state index contributed by atoms with van der Waals surface area (Å²) < 4.78 is 0. The zero-order valence-corrected chi connectivity index (χ0v) is 6.06. The van der Waals surface area contributed by atoms with Crippen LogP contribution in [0.25, 0.3) is 0 Å². The molecule has 9 heavy (non-hydrogen) atoms. The third-order valence-electron chi connectivity index (χ3n) is 1.65. The quantitative estimate of drug-likeness (QED) is 0.494. The monoisotopic (exact) mass is 122 g/mol. The summed E-state index contributed by atoms with van der Waals surface area (Å²) in [5.41, 5.74) is 1.61. The van der Waals surface area contributed by atoms with Crippen LogP contribution in [0.15, 0.2) is 23.8 Å². The Morgan fingerprint density at radius 1 is 1.44 bits per heavy atom. The first kappa shape index (κ1) is 6.60. The van der Waals surface area contributed by atoms with E-state index >= 15 is 0 Å². The summed E-state index contributed by atoms with van der Waals surface area (Å²) >= 11 is 0. The molecule has 0 unspecified atom stereocenters. The zero-order valence-electron chi connectivity index (χ0n) is 6.06. The largest absolute Gasteiger partial charge is 0.0847 e. The van der Waals surface area contributed by atoms with Crippen LogP contribution < -0.4 is 0 Å². The van der Waals surface area contributed by atoms with Gasteiger partial charge in [-0.25, -0.2) is 0 Å². The minimum absolute atomic E-state index is 1.21. The van der Waals surface area contributed by atoms with Gasteiger partial charge in [0.05, 0.1) is 0 Å². The van der Waals surface area contributed by atoms with Crippen LogP contribution in [0, 0.1) is 0 Å². The Hall–Kier alpha value is -0.520. The van der Waals surface area contributed by atoms with Gasteiger partial charge < -0.3 is 0 Å². The second-order valence-corrected chi connectivity index (χ2v) is 2.53. The number of hydrogen-bond acceptors (Lipinski definition) is 0. The minimum Gasteiger partial charge on any atom is -0.0847 e. The fourth-order valence-electron chi connectivity index (χ4n) is 1.07. The summed E-state index contributed by atoms with van der Waals surface area (Å²) in [6, 6.07) is 0. The van der Waals surface area contributed by atoms with Crippen molar-refractivity contribution in [1.29, 1.82) is 0 Å². The fourth-order valence-corrected chi connectivity index (χ4v) is 1.07. The second kappa shape index (κ2) is 3.49. The van der Waals surface area contributed by atoms with Crippen LogP contribution in [-0.2, 0) is 0 Å². The normalized spacial score (nSPS) is 16.8. The van der Waals surface area contributed by atoms with Crippen molar-refractivity contribution < 1.29 is 0 Å². The van der Waals surface area contributed by atoms with Crippen molar-refractivity contribution in [1.82, 2.24) is 0 Å². The van der Waals surface area contributed by atoms with Crippen molar-refractivity contribution >= 4 is 0 Å². The topological polar surface area (TPSA) is 0 Å². The smallest absolute Gasteiger partial charge is 0.0136 e. The molecule has 0 heterocycles. The van der Waals surface area contributed by atoms with E-state index in [4.69, 9.17) is 0 Å². The summed E-state index contributed by atoms with van der Waals surface area (Å²) in [5.74, 6) is 0. The highest BCUT2D eigenvalue weighted by molar-refractivity contribution is 5.17. The van der Waals surface area contributed by atoms with E-state index in [0.717, 1.165) is 0 Å². The van der Waals surface area contributed by atoms with Gasteiger partial charge in [0.15, 0.2) is 0 Å². The molecule has 0 saturated carbocycles. The molecule has 1 rings (SSSR count). The summed E-state index contributed by atoms with van der Waals surface area (Å²) in [6.07, 6.45) is 11.8. The van der Waals surface area contributed by atoms with E-state index in [2.05, 4.69) is 25.2 Å². The van der Waals surface area contributed by atoms with Crippen LogP contribution >= 0.6 is 0 Å². The molecule has 0 radical (unpaired) electrons. The Bertz CT molecular complexity index is 119. The third kappa shape index (κ3) is 2.05. The maximum atomic E-state index is 2.38. The van der Waals surface area contributed by atoms with Gasteiger partial charge in [0.25, 0.3) is 0 Å². The molecule has 0 saturated heterocycles. The van der Waals surface area contributed by atoms with Gasteiger partial charge in [-0.15, -0.1) is 0 Å². The highest BCUT2D eigenvalue weighted by Gasteiger charge is 1.96. The van der Waals surface area contributed by atoms with Crippen LogP contribution in [0.4, 0.5) is 0 Å². The van der Waals surface area contributed by atoms with Gasteiger partial charge in [0.2, 0.25) is 0 Å². The van der Waals surface area contributed by atoms with Crippen LogP contribution in [0.1, 0.15) is 32.6 Å². The van der Waals surface area contributed by atoms with E-state index in [9.17, 15) is 0 Å². The van der Waals surface area contributed by atoms with Crippen molar-refractivity contribution in [2.45, 2.75) is 32.6 Å². The second-order valence-electron chi connectivity index (χ2n) is 2.53. The Balaban J connectivity index is 2.26. The fraction of sp³-hybridized carbons (Fsp3) is 0.556. The third-order valence-corrected chi connectivity index (χ3v) is 1.65. The van der Waals surface area contributed by atoms with E-state index < -0.39 is 0 Å². The van der Waals surface area contributed by atoms with Crippen LogP contribution in [0.2, 0.25) is 0 Å². The Kier molecular flexibility index (Phi) is 2.56. The number of rotatable bonds is 2. The van der Waals surface area contributed by atoms with Gasteiger partial charge in [-0.3, -0.25) is 0 Å². The van der Waals surface area contributed by atoms with Crippen molar-refractivity contribution in [2.24, 2.45) is 0 Å². The highest BCUT2D eigenvalue weighted by Crippen LogP contribution is 2.16. The molecule has 1 aliphatic rings. The molecule has 0 aliphatic heterocycles. The van der Waals surface area contributed by atoms with E-state index in [1.54, 1.807) is 5.57 Å². The summed E-state index contributed by atoms with van der Waals surface area (Å²) in [6.45, 7) is 2.22. The van der Waals surface area contributed by atoms with Crippen molar-refractivity contribution in [3.63, 3.8) is 0 Å². The number of allylic oxidation sites excluding steroid dienone is 4. The first-order chi connectivity index (χ1) is 4.43. The highest BCUT2D eigenvalue weighted by atomic mass is 14.0. The molecular weight excluding hydrogens is 108 g/mol. The van der Waals surface area contributed by atoms with E-state index in [1.807, 2.05) is 0 Å². The van der Waals surface area contributed by atoms with Gasteiger partial charge in [-0.1, -0.05) is 37.1 Å². The molecule has 0 fully saturated rings. The van der Waals surface area contributed by atoms with Gasteiger partial charge in [0, 0.05) is 0 Å². The Morgan fingerprint density at radius 2 is 2.11 bits per heavy atom. The minimum atomic E-state index is 1.21. The lowest BCUT2D eigenvalue weighted by Gasteiger charge is -1.92. The summed E-state index contributed by atoms with van der Waals surface area (Å²) in [4.78, 5) is 0. The molecule has 0 aromatic heterocycles. The zero-order chi connectivity index (χ0) is 6.53. The van der Waals surface area contributed by atoms with Gasteiger partial charge in [-0.2, -0.15) is 0 Å². The van der Waals surface area contributed by atoms with Gasteiger partial charge >= 0.3 is 0 Å². The molecule has 0 nitrogen and oxygen atoms in total. The van der Waals surface area contributed by atoms with Crippen LogP contribution in [0.5, 0.6) is 0 Å². The SMILES string of the molecule is CCCC=C1CC=CC1. The van der Waals surface area contributed by atoms with Crippen molar-refractivity contribution in [2.75, 3.05) is 0 Å². The summed E-state index contributed by atoms with van der Waals surface area (Å²) in [5, 5.41) is 0. The average Bonchev–Trinajstić information content (AvgIpc) is 2.34. The van der Waals surface area contributed by atoms with Gasteiger partial charge in [-0.05, 0) is 19.3 Å². The van der Waals surface area contributed by atoms with E-state index in [0.29, 0.717) is 0 Å². The Labute approximate surface area is 57.3 Å². The summed E-state index contributed by atoms with van der Waals surface area (Å²) in [7, 11) is 0. The number of hydrogen-bond donors (Lipinski definition) is 0.